The number of aryl methyl sites for hydroxylation is 1. The van der Waals surface area contributed by atoms with Gasteiger partial charge >= 0.3 is 0 Å². The third kappa shape index (κ3) is 2.72. The summed E-state index contributed by atoms with van der Waals surface area (Å²) in [4.78, 5) is 20.7. The van der Waals surface area contributed by atoms with E-state index >= 15 is 0 Å². The number of nitrogens with zero attached hydrogens (tertiary/aromatic N) is 3. The zero-order valence-corrected chi connectivity index (χ0v) is 16.1. The molecule has 1 amide bonds. The van der Waals surface area contributed by atoms with Crippen molar-refractivity contribution in [2.75, 3.05) is 12.4 Å². The number of carbonyl (C=O) groups excluding carboxylic acids is 1. The summed E-state index contributed by atoms with van der Waals surface area (Å²) in [5, 5.41) is 3.63. The molecule has 142 valence electrons. The summed E-state index contributed by atoms with van der Waals surface area (Å²) in [7, 11) is 3.61. The molecule has 28 heavy (non-hydrogen) atoms. The van der Waals surface area contributed by atoms with E-state index in [1.807, 2.05) is 35.3 Å². The number of pyridine rings is 1. The highest BCUT2D eigenvalue weighted by molar-refractivity contribution is 7.16. The van der Waals surface area contributed by atoms with Crippen molar-refractivity contribution in [2.45, 2.75) is 12.6 Å². The quantitative estimate of drug-likeness (QED) is 0.563. The Kier molecular flexibility index (Phi) is 3.83. The molecule has 3 aromatic heterocycles. The third-order valence-electron chi connectivity index (χ3n) is 5.16. The number of amides is 1. The fourth-order valence-corrected chi connectivity index (χ4v) is 4.16. The molecule has 6 nitrogen and oxygen atoms in total. The molecule has 0 spiro atoms. The predicted octanol–water partition coefficient (Wildman–Crippen LogP) is 4.16. The van der Waals surface area contributed by atoms with Gasteiger partial charge in [0.1, 0.15) is 17.7 Å². The first-order valence-electron chi connectivity index (χ1n) is 8.87. The van der Waals surface area contributed by atoms with Gasteiger partial charge < -0.3 is 14.6 Å². The Hall–Kier alpha value is -3.00. The normalized spacial score (nSPS) is 18.5. The maximum atomic E-state index is 13.1. The number of anilines is 1. The van der Waals surface area contributed by atoms with Crippen molar-refractivity contribution in [1.29, 1.82) is 0 Å². The van der Waals surface area contributed by atoms with Crippen molar-refractivity contribution in [3.63, 3.8) is 0 Å². The van der Waals surface area contributed by atoms with Gasteiger partial charge in [-0.3, -0.25) is 4.79 Å². The van der Waals surface area contributed by atoms with Gasteiger partial charge in [0, 0.05) is 24.1 Å². The van der Waals surface area contributed by atoms with E-state index in [0.29, 0.717) is 12.2 Å². The Morgan fingerprint density at radius 2 is 2.14 bits per heavy atom. The number of halogens is 1. The van der Waals surface area contributed by atoms with Crippen LogP contribution in [0.25, 0.3) is 32.4 Å². The van der Waals surface area contributed by atoms with Gasteiger partial charge in [0.2, 0.25) is 5.91 Å². The molecule has 2 unspecified atom stereocenters. The van der Waals surface area contributed by atoms with Gasteiger partial charge in [-0.2, -0.15) is 0 Å². The van der Waals surface area contributed by atoms with Crippen LogP contribution >= 0.6 is 11.3 Å². The van der Waals surface area contributed by atoms with Crippen molar-refractivity contribution < 1.29 is 13.9 Å². The first-order chi connectivity index (χ1) is 13.5. The van der Waals surface area contributed by atoms with E-state index in [2.05, 4.69) is 15.3 Å². The number of hydrogen-bond donors (Lipinski definition) is 1. The lowest BCUT2D eigenvalue weighted by Crippen LogP contribution is -2.15. The summed E-state index contributed by atoms with van der Waals surface area (Å²) in [6.45, 7) is 0. The fraction of sp³-hybridized carbons (Fsp3) is 0.250. The van der Waals surface area contributed by atoms with Crippen molar-refractivity contribution in [2.24, 2.45) is 13.0 Å². The van der Waals surface area contributed by atoms with Crippen molar-refractivity contribution in [3.05, 3.63) is 36.0 Å². The first-order valence-corrected chi connectivity index (χ1v) is 9.75. The number of carbonyl (C=O) groups is 1. The molecule has 0 saturated heterocycles. The first kappa shape index (κ1) is 17.1. The van der Waals surface area contributed by atoms with Crippen LogP contribution < -0.4 is 10.1 Å². The largest absolute Gasteiger partial charge is 0.496 e. The molecule has 0 bridgehead atoms. The van der Waals surface area contributed by atoms with E-state index in [1.165, 1.54) is 0 Å². The number of thiazole rings is 1. The van der Waals surface area contributed by atoms with Crippen LogP contribution in [0.3, 0.4) is 0 Å². The summed E-state index contributed by atoms with van der Waals surface area (Å²) < 4.78 is 21.8. The van der Waals surface area contributed by atoms with Gasteiger partial charge in [-0.15, -0.1) is 11.3 Å². The lowest BCUT2D eigenvalue weighted by atomic mass is 10.1. The van der Waals surface area contributed by atoms with Crippen LogP contribution in [-0.4, -0.2) is 33.7 Å². The standard InChI is InChI=1S/C20H17FN4O2S/c1-25-15(12-6-14-18(28-9-23-14)7-17(12)27-2)3-10-4-19(22-8-16(10)25)24-20(26)11-5-13(11)21/h3-4,6-9,11,13H,5H2,1-2H3,(H,22,24,26). The zero-order chi connectivity index (χ0) is 19.4. The number of methoxy groups -OCH3 is 1. The Morgan fingerprint density at radius 1 is 1.32 bits per heavy atom. The molecule has 1 aliphatic carbocycles. The van der Waals surface area contributed by atoms with Crippen LogP contribution in [0.4, 0.5) is 10.2 Å². The summed E-state index contributed by atoms with van der Waals surface area (Å²) in [5.74, 6) is 0.339. The predicted molar refractivity (Wildman–Crippen MR) is 108 cm³/mol. The molecule has 2 atom stereocenters. The molecule has 1 aliphatic rings. The number of nitrogens with one attached hydrogen (secondary N) is 1. The van der Waals surface area contributed by atoms with E-state index in [4.69, 9.17) is 4.74 Å². The highest BCUT2D eigenvalue weighted by atomic mass is 32.1. The molecule has 1 saturated carbocycles. The zero-order valence-electron chi connectivity index (χ0n) is 15.3. The monoisotopic (exact) mass is 396 g/mol. The fourth-order valence-electron chi connectivity index (χ4n) is 3.47. The average Bonchev–Trinajstić information content (AvgIpc) is 3.11. The second kappa shape index (κ2) is 6.27. The van der Waals surface area contributed by atoms with Crippen molar-refractivity contribution in [1.82, 2.24) is 14.5 Å². The molecule has 5 rings (SSSR count). The number of aromatic nitrogens is 3. The van der Waals surface area contributed by atoms with Gasteiger partial charge in [-0.1, -0.05) is 0 Å². The lowest BCUT2D eigenvalue weighted by molar-refractivity contribution is -0.117. The molecular weight excluding hydrogens is 379 g/mol. The van der Waals surface area contributed by atoms with Crippen LogP contribution in [0.1, 0.15) is 6.42 Å². The Bertz CT molecular complexity index is 1230. The molecule has 0 radical (unpaired) electrons. The molecule has 1 N–H and O–H groups in total. The maximum Gasteiger partial charge on any atom is 0.231 e. The second-order valence-corrected chi connectivity index (χ2v) is 7.82. The molecule has 0 aliphatic heterocycles. The van der Waals surface area contributed by atoms with Gasteiger partial charge in [0.05, 0.1) is 46.2 Å². The maximum absolute atomic E-state index is 13.1. The second-order valence-electron chi connectivity index (χ2n) is 6.94. The molecule has 3 heterocycles. The minimum absolute atomic E-state index is 0.294. The van der Waals surface area contributed by atoms with Crippen molar-refractivity contribution >= 4 is 44.2 Å². The Balaban J connectivity index is 1.57. The van der Waals surface area contributed by atoms with Crippen LogP contribution in [-0.2, 0) is 11.8 Å². The summed E-state index contributed by atoms with van der Waals surface area (Å²) in [5.41, 5.74) is 5.54. The number of fused-ring (bicyclic) bond motifs is 2. The van der Waals surface area contributed by atoms with Gasteiger partial charge in [-0.05, 0) is 24.6 Å². The third-order valence-corrected chi connectivity index (χ3v) is 5.95. The number of alkyl halides is 1. The lowest BCUT2D eigenvalue weighted by Gasteiger charge is -2.10. The number of benzene rings is 1. The van der Waals surface area contributed by atoms with E-state index in [9.17, 15) is 9.18 Å². The average molecular weight is 396 g/mol. The SMILES string of the molecule is COc1cc2scnc2cc1-c1cc2cc(NC(=O)C3CC3F)ncc2n1C. The van der Waals surface area contributed by atoms with Gasteiger partial charge in [-0.25, -0.2) is 14.4 Å². The number of hydrogen-bond acceptors (Lipinski definition) is 5. The summed E-state index contributed by atoms with van der Waals surface area (Å²) >= 11 is 1.57. The highest BCUT2D eigenvalue weighted by Gasteiger charge is 2.43. The number of ether oxygens (including phenoxy) is 1. The minimum atomic E-state index is -1.03. The van der Waals surface area contributed by atoms with E-state index in [0.717, 1.165) is 38.1 Å². The van der Waals surface area contributed by atoms with E-state index < -0.39 is 12.1 Å². The molecular formula is C20H17FN4O2S. The summed E-state index contributed by atoms with van der Waals surface area (Å²) in [6, 6.07) is 7.84. The van der Waals surface area contributed by atoms with Crippen LogP contribution in [0.2, 0.25) is 0 Å². The smallest absolute Gasteiger partial charge is 0.231 e. The van der Waals surface area contributed by atoms with Crippen LogP contribution in [0.5, 0.6) is 5.75 Å². The van der Waals surface area contributed by atoms with Crippen LogP contribution in [0, 0.1) is 5.92 Å². The van der Waals surface area contributed by atoms with Crippen molar-refractivity contribution in [3.8, 4) is 17.0 Å². The number of rotatable bonds is 4. The molecule has 8 heteroatoms. The minimum Gasteiger partial charge on any atom is -0.496 e. The Labute approximate surface area is 164 Å². The Morgan fingerprint density at radius 3 is 2.89 bits per heavy atom. The highest BCUT2D eigenvalue weighted by Crippen LogP contribution is 2.38. The topological polar surface area (TPSA) is 69.0 Å². The van der Waals surface area contributed by atoms with Gasteiger partial charge in [0.15, 0.2) is 0 Å². The van der Waals surface area contributed by atoms with Crippen LogP contribution in [0.15, 0.2) is 36.0 Å². The molecule has 1 fully saturated rings. The van der Waals surface area contributed by atoms with E-state index in [-0.39, 0.29) is 5.91 Å². The van der Waals surface area contributed by atoms with Gasteiger partial charge in [0.25, 0.3) is 0 Å². The van der Waals surface area contributed by atoms with E-state index in [1.54, 1.807) is 30.7 Å². The summed E-state index contributed by atoms with van der Waals surface area (Å²) in [6.07, 6.45) is 0.977. The molecule has 1 aromatic carbocycles. The molecule has 4 aromatic rings.